The molecule has 2 amide bonds. The van der Waals surface area contributed by atoms with E-state index in [1.807, 2.05) is 101 Å². The molecule has 7 heteroatoms. The van der Waals surface area contributed by atoms with Crippen LogP contribution in [0.4, 0.5) is 5.69 Å². The van der Waals surface area contributed by atoms with E-state index in [2.05, 4.69) is 29.2 Å². The van der Waals surface area contributed by atoms with Crippen molar-refractivity contribution in [3.05, 3.63) is 150 Å². The number of likely N-dealkylation sites (N-methyl/N-ethyl adjacent to an activating group) is 1. The Bertz CT molecular complexity index is 2060. The number of carbonyl (C=O) groups is 2. The van der Waals surface area contributed by atoms with Gasteiger partial charge in [-0.3, -0.25) is 14.6 Å². The molecule has 3 heterocycles. The predicted molar refractivity (Wildman–Crippen MR) is 181 cm³/mol. The van der Waals surface area contributed by atoms with Crippen LogP contribution in [0.5, 0.6) is 5.75 Å². The molecule has 0 saturated carbocycles. The second-order valence-electron chi connectivity index (χ2n) is 11.6. The van der Waals surface area contributed by atoms with Crippen molar-refractivity contribution in [2.45, 2.75) is 19.5 Å². The van der Waals surface area contributed by atoms with E-state index >= 15 is 0 Å². The Kier molecular flexibility index (Phi) is 7.81. The van der Waals surface area contributed by atoms with Gasteiger partial charge in [-0.15, -0.1) is 0 Å². The molecule has 0 fully saturated rings. The van der Waals surface area contributed by atoms with Crippen molar-refractivity contribution < 1.29 is 14.3 Å². The van der Waals surface area contributed by atoms with Gasteiger partial charge in [0.25, 0.3) is 11.8 Å². The Labute approximate surface area is 268 Å². The molecule has 228 valence electrons. The van der Waals surface area contributed by atoms with Crippen molar-refractivity contribution in [2.75, 3.05) is 25.6 Å². The number of ether oxygens (including phenoxy) is 1. The molecule has 7 nitrogen and oxygen atoms in total. The number of carbonyl (C=O) groups excluding carboxylic acids is 2. The van der Waals surface area contributed by atoms with Crippen LogP contribution in [0.1, 0.15) is 37.7 Å². The lowest BCUT2D eigenvalue weighted by molar-refractivity contribution is 0.0786. The van der Waals surface area contributed by atoms with Gasteiger partial charge in [0, 0.05) is 48.5 Å². The zero-order valence-electron chi connectivity index (χ0n) is 25.9. The van der Waals surface area contributed by atoms with Crippen molar-refractivity contribution >= 4 is 28.3 Å². The van der Waals surface area contributed by atoms with Crippen molar-refractivity contribution in [3.63, 3.8) is 0 Å². The van der Waals surface area contributed by atoms with Crippen LogP contribution >= 0.6 is 0 Å². The summed E-state index contributed by atoms with van der Waals surface area (Å²) in [4.78, 5) is 35.6. The van der Waals surface area contributed by atoms with Crippen molar-refractivity contribution in [1.29, 1.82) is 0 Å². The average molecular weight is 607 g/mol. The summed E-state index contributed by atoms with van der Waals surface area (Å²) < 4.78 is 7.90. The molecule has 0 atom stereocenters. The molecular weight excluding hydrogens is 572 g/mol. The van der Waals surface area contributed by atoms with Crippen LogP contribution in [0.15, 0.2) is 122 Å². The highest BCUT2D eigenvalue weighted by molar-refractivity contribution is 6.08. The van der Waals surface area contributed by atoms with Gasteiger partial charge in [0.15, 0.2) is 0 Å². The molecule has 6 aromatic rings. The fourth-order valence-electron chi connectivity index (χ4n) is 6.33. The first kappa shape index (κ1) is 29.0. The normalized spacial score (nSPS) is 12.3. The smallest absolute Gasteiger partial charge is 0.270 e. The maximum Gasteiger partial charge on any atom is 0.270 e. The molecule has 0 bridgehead atoms. The fraction of sp³-hybridized carbons (Fsp3) is 0.154. The van der Waals surface area contributed by atoms with E-state index in [0.29, 0.717) is 36.6 Å². The Balaban J connectivity index is 1.19. The third-order valence-corrected chi connectivity index (χ3v) is 8.83. The SMILES string of the molecule is COc1cc(C(=O)N2Cc3ccc(C(=O)N(C)CCc4ccncc4)n3Cc3ccccc32)ccc1-c1cccc2ccccc12. The number of anilines is 1. The van der Waals surface area contributed by atoms with Crippen LogP contribution in [0.25, 0.3) is 21.9 Å². The van der Waals surface area contributed by atoms with E-state index < -0.39 is 0 Å². The Morgan fingerprint density at radius 2 is 1.61 bits per heavy atom. The quantitative estimate of drug-likeness (QED) is 0.192. The van der Waals surface area contributed by atoms with Gasteiger partial charge < -0.3 is 19.1 Å². The number of methoxy groups -OCH3 is 1. The number of amides is 2. The second kappa shape index (κ2) is 12.4. The minimum Gasteiger partial charge on any atom is -0.496 e. The molecule has 0 aliphatic carbocycles. The summed E-state index contributed by atoms with van der Waals surface area (Å²) in [6.07, 6.45) is 4.28. The Morgan fingerprint density at radius 3 is 2.46 bits per heavy atom. The minimum absolute atomic E-state index is 0.0497. The number of hydrogen-bond donors (Lipinski definition) is 0. The van der Waals surface area contributed by atoms with E-state index in [9.17, 15) is 9.59 Å². The van der Waals surface area contributed by atoms with Gasteiger partial charge in [0.1, 0.15) is 11.4 Å². The number of para-hydroxylation sites is 1. The van der Waals surface area contributed by atoms with E-state index in [1.54, 1.807) is 24.4 Å². The molecule has 46 heavy (non-hydrogen) atoms. The topological polar surface area (TPSA) is 67.7 Å². The van der Waals surface area contributed by atoms with Gasteiger partial charge in [-0.2, -0.15) is 0 Å². The lowest BCUT2D eigenvalue weighted by Crippen LogP contribution is -2.31. The van der Waals surface area contributed by atoms with Gasteiger partial charge in [-0.1, -0.05) is 60.7 Å². The van der Waals surface area contributed by atoms with Crippen LogP contribution in [0.3, 0.4) is 0 Å². The first-order valence-corrected chi connectivity index (χ1v) is 15.4. The van der Waals surface area contributed by atoms with Crippen LogP contribution in [-0.4, -0.2) is 47.0 Å². The van der Waals surface area contributed by atoms with Gasteiger partial charge >= 0.3 is 0 Å². The number of hydrogen-bond acceptors (Lipinski definition) is 4. The van der Waals surface area contributed by atoms with E-state index in [-0.39, 0.29) is 11.8 Å². The summed E-state index contributed by atoms with van der Waals surface area (Å²) in [5, 5.41) is 2.27. The molecule has 0 radical (unpaired) electrons. The molecule has 2 aromatic heterocycles. The maximum absolute atomic E-state index is 14.3. The first-order valence-electron chi connectivity index (χ1n) is 15.4. The largest absolute Gasteiger partial charge is 0.496 e. The molecule has 7 rings (SSSR count). The molecule has 4 aromatic carbocycles. The van der Waals surface area contributed by atoms with Gasteiger partial charge in [-0.05, 0) is 82.4 Å². The van der Waals surface area contributed by atoms with Crippen LogP contribution in [0.2, 0.25) is 0 Å². The van der Waals surface area contributed by atoms with E-state index in [1.165, 1.54) is 0 Å². The highest BCUT2D eigenvalue weighted by atomic mass is 16.5. The second-order valence-corrected chi connectivity index (χ2v) is 11.6. The summed E-state index contributed by atoms with van der Waals surface area (Å²) in [6, 6.07) is 35.8. The summed E-state index contributed by atoms with van der Waals surface area (Å²) in [6.45, 7) is 1.41. The van der Waals surface area contributed by atoms with E-state index in [4.69, 9.17) is 4.74 Å². The molecule has 0 N–H and O–H groups in total. The molecule has 1 aliphatic heterocycles. The zero-order chi connectivity index (χ0) is 31.6. The third kappa shape index (κ3) is 5.41. The van der Waals surface area contributed by atoms with Crippen molar-refractivity contribution in [2.24, 2.45) is 0 Å². The van der Waals surface area contributed by atoms with Crippen molar-refractivity contribution in [3.8, 4) is 16.9 Å². The fourth-order valence-corrected chi connectivity index (χ4v) is 6.33. The third-order valence-electron chi connectivity index (χ3n) is 8.83. The molecule has 0 unspecified atom stereocenters. The summed E-state index contributed by atoms with van der Waals surface area (Å²) in [5.74, 6) is 0.454. The monoisotopic (exact) mass is 606 g/mol. The number of fused-ring (bicyclic) bond motifs is 3. The highest BCUT2D eigenvalue weighted by Gasteiger charge is 2.28. The highest BCUT2D eigenvalue weighted by Crippen LogP contribution is 2.37. The van der Waals surface area contributed by atoms with Crippen LogP contribution in [0, 0.1) is 0 Å². The standard InChI is InChI=1S/C39H34N4O3/c1-41(23-20-27-18-21-40-22-19-27)39(45)36-17-15-31-26-43(35-13-6-4-9-30(35)25-42(31)36)38(44)29-14-16-34(37(24-29)46-2)33-12-7-10-28-8-3-5-11-32(28)33/h3-19,21-22,24H,20,23,25-26H2,1-2H3. The van der Waals surface area contributed by atoms with Gasteiger partial charge in [0.05, 0.1) is 20.2 Å². The average Bonchev–Trinajstić information content (AvgIpc) is 3.42. The molecule has 0 saturated heterocycles. The summed E-state index contributed by atoms with van der Waals surface area (Å²) in [7, 11) is 3.47. The molecular formula is C39H34N4O3. The van der Waals surface area contributed by atoms with E-state index in [0.717, 1.165) is 50.8 Å². The predicted octanol–water partition coefficient (Wildman–Crippen LogP) is 7.24. The number of pyridine rings is 1. The van der Waals surface area contributed by atoms with Crippen LogP contribution in [-0.2, 0) is 19.5 Å². The molecule has 1 aliphatic rings. The molecule has 0 spiro atoms. The zero-order valence-corrected chi connectivity index (χ0v) is 25.9. The lowest BCUT2D eigenvalue weighted by Gasteiger charge is -2.23. The summed E-state index contributed by atoms with van der Waals surface area (Å²) in [5.41, 5.74) is 6.95. The van der Waals surface area contributed by atoms with Crippen LogP contribution < -0.4 is 9.64 Å². The number of rotatable bonds is 7. The Hall–Kier alpha value is -5.69. The Morgan fingerprint density at radius 1 is 0.826 bits per heavy atom. The van der Waals surface area contributed by atoms with Gasteiger partial charge in [-0.25, -0.2) is 0 Å². The minimum atomic E-state index is -0.132. The number of aromatic nitrogens is 2. The number of nitrogens with zero attached hydrogens (tertiary/aromatic N) is 4. The number of benzene rings is 4. The summed E-state index contributed by atoms with van der Waals surface area (Å²) >= 11 is 0. The lowest BCUT2D eigenvalue weighted by atomic mass is 9.96. The van der Waals surface area contributed by atoms with Crippen molar-refractivity contribution in [1.82, 2.24) is 14.5 Å². The van der Waals surface area contributed by atoms with Gasteiger partial charge in [0.2, 0.25) is 0 Å². The first-order chi connectivity index (χ1) is 22.5. The maximum atomic E-state index is 14.3.